The monoisotopic (exact) mass is 1950 g/mol. The SMILES string of the molecule is O[C@@H]1[C@H](c2c(OCc3ccccc3)cc(OCc3ccccc3)c3c2O[C@H](c2ccc(OCc4ccccc4)c(OCc4ccccc4)c2)[C@H](O)C3)c2c(OCc3ccccc3)cc(OCc3ccccc3)c([C@H]3c4c(OCc5ccccc5)cc(OCc5ccccc5)cc4O[C@H](c4ccc(OCc5ccccc5)c(OCc5ccccc5)c4)[C@@H]3O)c2O[C@@H]1c1ccc(OCc2ccccc2)c(OCc2ccccc2)c1. The minimum Gasteiger partial charge on any atom is -0.489 e. The molecule has 3 N–H and O–H groups in total. The summed E-state index contributed by atoms with van der Waals surface area (Å²) in [5.74, 6) is 1.78. The van der Waals surface area contributed by atoms with Crippen LogP contribution in [0.25, 0.3) is 0 Å². The lowest BCUT2D eigenvalue weighted by Crippen LogP contribution is -2.39. The fourth-order valence-electron chi connectivity index (χ4n) is 19.0. The molecule has 0 spiro atoms. The zero-order chi connectivity index (χ0) is 99.2. The summed E-state index contributed by atoms with van der Waals surface area (Å²) >= 11 is 0. The van der Waals surface area contributed by atoms with Crippen LogP contribution in [0, 0.1) is 0 Å². The molecule has 21 rings (SSSR count). The van der Waals surface area contributed by atoms with E-state index >= 15 is 10.2 Å². The Morgan fingerprint density at radius 3 is 0.714 bits per heavy atom. The number of aliphatic hydroxyl groups excluding tert-OH is 3. The van der Waals surface area contributed by atoms with E-state index in [1.54, 1.807) is 0 Å². The van der Waals surface area contributed by atoms with Crippen molar-refractivity contribution in [3.05, 3.63) is 554 Å². The van der Waals surface area contributed by atoms with E-state index in [0.717, 1.165) is 66.8 Å². The van der Waals surface area contributed by atoms with Crippen molar-refractivity contribution < 1.29 is 86.4 Å². The molecule has 3 heterocycles. The van der Waals surface area contributed by atoms with Gasteiger partial charge in [-0.3, -0.25) is 0 Å². The molecular formula is C129H110O18. The van der Waals surface area contributed by atoms with Crippen LogP contribution < -0.4 is 71.1 Å². The van der Waals surface area contributed by atoms with Crippen LogP contribution in [0.5, 0.6) is 86.2 Å². The van der Waals surface area contributed by atoms with Crippen LogP contribution in [0.1, 0.15) is 141 Å². The second-order valence-electron chi connectivity index (χ2n) is 36.7. The van der Waals surface area contributed by atoms with E-state index in [-0.39, 0.29) is 137 Å². The van der Waals surface area contributed by atoms with Gasteiger partial charge in [-0.2, -0.15) is 0 Å². The van der Waals surface area contributed by atoms with Crippen molar-refractivity contribution in [1.82, 2.24) is 0 Å². The Morgan fingerprint density at radius 1 is 0.190 bits per heavy atom. The molecular weight excluding hydrogens is 1840 g/mol. The van der Waals surface area contributed by atoms with Crippen molar-refractivity contribution in [3.63, 3.8) is 0 Å². The molecule has 18 aromatic rings. The van der Waals surface area contributed by atoms with Crippen molar-refractivity contribution in [2.45, 2.75) is 134 Å². The largest absolute Gasteiger partial charge is 0.489 e. The van der Waals surface area contributed by atoms with E-state index in [1.807, 2.05) is 443 Å². The first-order valence-corrected chi connectivity index (χ1v) is 49.7. The van der Waals surface area contributed by atoms with Gasteiger partial charge in [-0.05, 0) is 120 Å². The maximum atomic E-state index is 15.5. The molecule has 0 amide bonds. The molecule has 0 bridgehead atoms. The highest BCUT2D eigenvalue weighted by molar-refractivity contribution is 5.72. The maximum Gasteiger partial charge on any atom is 0.162 e. The second kappa shape index (κ2) is 46.5. The Hall–Kier alpha value is -17.2. The number of rotatable bonds is 41. The van der Waals surface area contributed by atoms with Gasteiger partial charge in [0, 0.05) is 58.5 Å². The molecule has 0 aliphatic carbocycles. The molecule has 0 saturated carbocycles. The van der Waals surface area contributed by atoms with Crippen LogP contribution >= 0.6 is 0 Å². The van der Waals surface area contributed by atoms with Crippen LogP contribution in [-0.4, -0.2) is 33.6 Å². The van der Waals surface area contributed by atoms with E-state index in [2.05, 4.69) is 0 Å². The number of aliphatic hydroxyl groups is 3. The van der Waals surface area contributed by atoms with Crippen molar-refractivity contribution in [1.29, 1.82) is 0 Å². The molecule has 734 valence electrons. The zero-order valence-corrected chi connectivity index (χ0v) is 80.9. The van der Waals surface area contributed by atoms with Gasteiger partial charge in [0.05, 0.1) is 17.9 Å². The Balaban J connectivity index is 0.843. The molecule has 18 heteroatoms. The molecule has 18 nitrogen and oxygen atoms in total. The Labute approximate surface area is 855 Å². The van der Waals surface area contributed by atoms with Gasteiger partial charge in [-0.25, -0.2) is 0 Å². The summed E-state index contributed by atoms with van der Waals surface area (Å²) in [6.07, 6.45) is -8.73. The molecule has 0 saturated heterocycles. The summed E-state index contributed by atoms with van der Waals surface area (Å²) in [5, 5.41) is 44.3. The van der Waals surface area contributed by atoms with Gasteiger partial charge < -0.3 is 86.4 Å². The van der Waals surface area contributed by atoms with Gasteiger partial charge in [0.15, 0.2) is 46.7 Å². The van der Waals surface area contributed by atoms with E-state index < -0.39 is 48.5 Å². The first-order chi connectivity index (χ1) is 72.6. The van der Waals surface area contributed by atoms with Crippen molar-refractivity contribution >= 4 is 0 Å². The number of ether oxygens (including phenoxy) is 15. The van der Waals surface area contributed by atoms with Crippen LogP contribution in [0.3, 0.4) is 0 Å². The van der Waals surface area contributed by atoms with Gasteiger partial charge in [0.2, 0.25) is 0 Å². The summed E-state index contributed by atoms with van der Waals surface area (Å²) in [4.78, 5) is 0. The van der Waals surface area contributed by atoms with Gasteiger partial charge in [-0.15, -0.1) is 0 Å². The lowest BCUT2D eigenvalue weighted by atomic mass is 9.73. The first-order valence-electron chi connectivity index (χ1n) is 49.7. The Bertz CT molecular complexity index is 7360. The number of hydrogen-bond donors (Lipinski definition) is 3. The van der Waals surface area contributed by atoms with Gasteiger partial charge in [-0.1, -0.05) is 382 Å². The van der Waals surface area contributed by atoms with Crippen molar-refractivity contribution in [3.8, 4) is 86.2 Å². The zero-order valence-electron chi connectivity index (χ0n) is 80.9. The van der Waals surface area contributed by atoms with E-state index in [4.69, 9.17) is 71.1 Å². The number of fused-ring (bicyclic) bond motifs is 3. The molecule has 18 aromatic carbocycles. The third kappa shape index (κ3) is 23.4. The minimum absolute atomic E-state index is 0.0191. The normalized spacial score (nSPS) is 16.3. The van der Waals surface area contributed by atoms with Crippen molar-refractivity contribution in [2.75, 3.05) is 0 Å². The molecule has 0 unspecified atom stereocenters. The quantitative estimate of drug-likeness (QED) is 0.0326. The average molecular weight is 1950 g/mol. The van der Waals surface area contributed by atoms with Gasteiger partial charge >= 0.3 is 0 Å². The van der Waals surface area contributed by atoms with Crippen LogP contribution in [0.4, 0.5) is 0 Å². The third-order valence-electron chi connectivity index (χ3n) is 26.5. The maximum absolute atomic E-state index is 15.5. The summed E-state index contributed by atoms with van der Waals surface area (Å²) in [6.45, 7) is 1.22. The molecule has 3 aliphatic heterocycles. The highest BCUT2D eigenvalue weighted by atomic mass is 16.6. The summed E-state index contributed by atoms with van der Waals surface area (Å²) < 4.78 is 110. The smallest absolute Gasteiger partial charge is 0.162 e. The van der Waals surface area contributed by atoms with E-state index in [9.17, 15) is 5.11 Å². The highest BCUT2D eigenvalue weighted by Crippen LogP contribution is 2.64. The predicted octanol–water partition coefficient (Wildman–Crippen LogP) is 26.9. The molecule has 0 fully saturated rings. The second-order valence-corrected chi connectivity index (χ2v) is 36.7. The van der Waals surface area contributed by atoms with Crippen molar-refractivity contribution in [2.24, 2.45) is 0 Å². The Morgan fingerprint density at radius 2 is 0.415 bits per heavy atom. The number of hydrogen-bond acceptors (Lipinski definition) is 18. The third-order valence-corrected chi connectivity index (χ3v) is 26.5. The lowest BCUT2D eigenvalue weighted by Gasteiger charge is -2.44. The Kier molecular flexibility index (Phi) is 30.4. The lowest BCUT2D eigenvalue weighted by molar-refractivity contribution is -0.00630. The van der Waals surface area contributed by atoms with Gasteiger partial charge in [0.25, 0.3) is 0 Å². The van der Waals surface area contributed by atoms with Crippen LogP contribution in [-0.2, 0) is 85.7 Å². The summed E-state index contributed by atoms with van der Waals surface area (Å²) in [7, 11) is 0. The fraction of sp³-hybridized carbons (Fsp3) is 0.163. The van der Waals surface area contributed by atoms with E-state index in [1.165, 1.54) is 0 Å². The fourth-order valence-corrected chi connectivity index (χ4v) is 19.0. The topological polar surface area (TPSA) is 199 Å². The molecule has 147 heavy (non-hydrogen) atoms. The average Bonchev–Trinajstić information content (AvgIpc) is 0.704. The first kappa shape index (κ1) is 96.0. The predicted molar refractivity (Wildman–Crippen MR) is 563 cm³/mol. The molecule has 8 atom stereocenters. The molecule has 0 aromatic heterocycles. The van der Waals surface area contributed by atoms with Crippen LogP contribution in [0.15, 0.2) is 443 Å². The standard InChI is InChI=1S/C129H110O18/c130-104-72-103-108(137-79-91-45-21-5-22-46-91)73-113(142-84-96-55-31-10-32-56-96)118(128(103)146-125(104)99-61-64-105(134-76-88-39-15-2-16-40-88)109(67-99)138-80-92-47-23-6-24-48-92)122-120-115(144-86-98-59-35-12-36-60-98)74-114(143-85-97-57-33-11-34-58-97)119(129(120)147-127(124(122)132)101-63-66-107(136-78-90-43-19-4-20-44-90)111(69-101)140-82-94-51-27-8-28-52-94)121-117-112(141-83-95-53-29-9-30-54-95)70-102(133-75-87-37-13-1-14-38-87)71-116(117)145-126(123(121)131)100-62-65-106(135-77-89-41-17-3-18-42-89)110(68-100)139-81-93-49-25-7-26-50-93/h1-71,73-74,104,121-127,130-132H,72,75-86H2/t104-,121-,122-,123-,124-,125-,126-,127-/m1/s1. The van der Waals surface area contributed by atoms with Gasteiger partial charge in [0.1, 0.15) is 149 Å². The van der Waals surface area contributed by atoms with Crippen LogP contribution in [0.2, 0.25) is 0 Å². The van der Waals surface area contributed by atoms with E-state index in [0.29, 0.717) is 79.4 Å². The summed E-state index contributed by atoms with van der Waals surface area (Å²) in [5.41, 5.74) is 13.6. The molecule has 0 radical (unpaired) electrons. The summed E-state index contributed by atoms with van der Waals surface area (Å²) in [6, 6.07) is 143. The molecule has 3 aliphatic rings. The number of benzene rings is 18. The highest BCUT2D eigenvalue weighted by Gasteiger charge is 2.52. The minimum atomic E-state index is -1.73.